The van der Waals surface area contributed by atoms with Gasteiger partial charge >= 0.3 is 0 Å². The summed E-state index contributed by atoms with van der Waals surface area (Å²) in [5.74, 6) is 0. The van der Waals surface area contributed by atoms with Crippen LogP contribution in [0.4, 0.5) is 17.1 Å². The van der Waals surface area contributed by atoms with Gasteiger partial charge in [0.1, 0.15) is 0 Å². The molecule has 0 heterocycles. The second-order valence-electron chi connectivity index (χ2n) is 14.4. The Hall–Kier alpha value is -6.18. The first kappa shape index (κ1) is 29.7. The molecule has 8 aromatic carbocycles. The molecule has 0 amide bonds. The highest BCUT2D eigenvalue weighted by Crippen LogP contribution is 2.56. The molecular weight excluding hydrogens is 615 g/mol. The number of nitrogens with zero attached hydrogens (tertiary/aromatic N) is 1. The van der Waals surface area contributed by atoms with Crippen molar-refractivity contribution in [2.75, 3.05) is 4.90 Å². The minimum Gasteiger partial charge on any atom is -0.310 e. The first-order valence-electron chi connectivity index (χ1n) is 17.9. The van der Waals surface area contributed by atoms with Crippen LogP contribution < -0.4 is 4.90 Å². The van der Waals surface area contributed by atoms with Gasteiger partial charge in [-0.15, -0.1) is 0 Å². The van der Waals surface area contributed by atoms with E-state index >= 15 is 0 Å². The van der Waals surface area contributed by atoms with Crippen molar-refractivity contribution >= 4 is 27.8 Å². The lowest BCUT2D eigenvalue weighted by Crippen LogP contribution is -2.23. The molecule has 0 aliphatic heterocycles. The molecule has 2 atom stereocenters. The first-order chi connectivity index (χ1) is 25.1. The molecule has 0 saturated heterocycles. The average molecular weight is 652 g/mol. The van der Waals surface area contributed by atoms with Crippen LogP contribution >= 0.6 is 0 Å². The molecule has 2 unspecified atom stereocenters. The molecule has 2 aliphatic rings. The fourth-order valence-corrected chi connectivity index (χ4v) is 9.23. The van der Waals surface area contributed by atoms with E-state index in [2.05, 4.69) is 207 Å². The van der Waals surface area contributed by atoms with Gasteiger partial charge < -0.3 is 4.90 Å². The first-order valence-corrected chi connectivity index (χ1v) is 17.9. The molecule has 242 valence electrons. The molecule has 0 N–H and O–H groups in total. The number of rotatable bonds is 5. The Morgan fingerprint density at radius 3 is 1.33 bits per heavy atom. The van der Waals surface area contributed by atoms with Gasteiger partial charge in [0.15, 0.2) is 0 Å². The minimum atomic E-state index is -0.293. The van der Waals surface area contributed by atoms with Crippen LogP contribution in [0.5, 0.6) is 0 Å². The van der Waals surface area contributed by atoms with Crippen molar-refractivity contribution < 1.29 is 0 Å². The van der Waals surface area contributed by atoms with Crippen LogP contribution in [-0.4, -0.2) is 0 Å². The van der Waals surface area contributed by atoms with Gasteiger partial charge in [-0.1, -0.05) is 158 Å². The molecule has 1 heteroatoms. The third kappa shape index (κ3) is 4.22. The van der Waals surface area contributed by atoms with Crippen LogP contribution in [0, 0.1) is 0 Å². The topological polar surface area (TPSA) is 3.24 Å². The summed E-state index contributed by atoms with van der Waals surface area (Å²) < 4.78 is 0. The van der Waals surface area contributed by atoms with E-state index in [0.717, 1.165) is 11.4 Å². The number of fused-ring (bicyclic) bond motifs is 7. The van der Waals surface area contributed by atoms with Crippen molar-refractivity contribution in [3.05, 3.63) is 221 Å². The zero-order chi connectivity index (χ0) is 34.2. The highest BCUT2D eigenvalue weighted by molar-refractivity contribution is 6.00. The maximum atomic E-state index is 2.49. The van der Waals surface area contributed by atoms with Crippen molar-refractivity contribution in [3.63, 3.8) is 0 Å². The Bertz CT molecular complexity index is 2470. The summed E-state index contributed by atoms with van der Waals surface area (Å²) in [6, 6.07) is 69.6. The molecule has 1 nitrogen and oxygen atoms in total. The Labute approximate surface area is 300 Å². The van der Waals surface area contributed by atoms with Gasteiger partial charge in [-0.05, 0) is 105 Å². The Kier molecular flexibility index (Phi) is 6.51. The summed E-state index contributed by atoms with van der Waals surface area (Å²) >= 11 is 0. The van der Waals surface area contributed by atoms with Crippen molar-refractivity contribution in [2.45, 2.75) is 24.7 Å². The van der Waals surface area contributed by atoms with Gasteiger partial charge in [-0.25, -0.2) is 0 Å². The predicted octanol–water partition coefficient (Wildman–Crippen LogP) is 13.0. The Morgan fingerprint density at radius 1 is 0.353 bits per heavy atom. The van der Waals surface area contributed by atoms with Gasteiger partial charge in [-0.3, -0.25) is 0 Å². The van der Waals surface area contributed by atoms with Crippen molar-refractivity contribution in [1.29, 1.82) is 0 Å². The van der Waals surface area contributed by atoms with Gasteiger partial charge in [-0.2, -0.15) is 0 Å². The molecule has 51 heavy (non-hydrogen) atoms. The van der Waals surface area contributed by atoms with Crippen LogP contribution in [-0.2, 0) is 10.8 Å². The minimum absolute atomic E-state index is 0.293. The van der Waals surface area contributed by atoms with Crippen LogP contribution in [0.1, 0.15) is 47.2 Å². The van der Waals surface area contributed by atoms with E-state index in [4.69, 9.17) is 0 Å². The highest BCUT2D eigenvalue weighted by Gasteiger charge is 2.43. The molecule has 10 rings (SSSR count). The third-order valence-electron chi connectivity index (χ3n) is 11.8. The van der Waals surface area contributed by atoms with E-state index in [-0.39, 0.29) is 10.8 Å². The SMILES string of the molecule is CC1(c2ccccc2)c2ccccc2-c2ccc(N(c3ccc4c(c3)C(C)(c3ccccc3)c3ccccc3-4)c3cccc4ccccc34)cc21. The predicted molar refractivity (Wildman–Crippen MR) is 213 cm³/mol. The van der Waals surface area contributed by atoms with E-state index in [1.54, 1.807) is 0 Å². The molecule has 0 fully saturated rings. The second-order valence-corrected chi connectivity index (χ2v) is 14.4. The quantitative estimate of drug-likeness (QED) is 0.179. The smallest absolute Gasteiger partial charge is 0.0540 e. The third-order valence-corrected chi connectivity index (χ3v) is 11.8. The van der Waals surface area contributed by atoms with Gasteiger partial charge in [0.2, 0.25) is 0 Å². The normalized spacial score (nSPS) is 18.2. The second kappa shape index (κ2) is 11.2. The summed E-state index contributed by atoms with van der Waals surface area (Å²) in [5, 5.41) is 2.45. The summed E-state index contributed by atoms with van der Waals surface area (Å²) in [7, 11) is 0. The number of hydrogen-bond donors (Lipinski definition) is 0. The van der Waals surface area contributed by atoms with Gasteiger partial charge in [0, 0.05) is 27.6 Å². The Balaban J connectivity index is 1.23. The fourth-order valence-electron chi connectivity index (χ4n) is 9.23. The molecule has 8 aromatic rings. The molecule has 2 aliphatic carbocycles. The molecule has 0 saturated carbocycles. The number of hydrogen-bond acceptors (Lipinski definition) is 1. The van der Waals surface area contributed by atoms with Crippen LogP contribution in [0.2, 0.25) is 0 Å². The average Bonchev–Trinajstić information content (AvgIpc) is 3.61. The van der Waals surface area contributed by atoms with E-state index in [9.17, 15) is 0 Å². The van der Waals surface area contributed by atoms with Crippen LogP contribution in [0.3, 0.4) is 0 Å². The number of benzene rings is 8. The summed E-state index contributed by atoms with van der Waals surface area (Å²) in [6.07, 6.45) is 0. The zero-order valence-corrected chi connectivity index (χ0v) is 28.8. The fraction of sp³-hybridized carbons (Fsp3) is 0.0800. The summed E-state index contributed by atoms with van der Waals surface area (Å²) in [6.45, 7) is 4.80. The number of anilines is 3. The molecular formula is C50H37N. The lowest BCUT2D eigenvalue weighted by atomic mass is 9.74. The molecule has 0 bridgehead atoms. The van der Waals surface area contributed by atoms with Crippen molar-refractivity contribution in [1.82, 2.24) is 0 Å². The lowest BCUT2D eigenvalue weighted by molar-refractivity contribution is 0.713. The van der Waals surface area contributed by atoms with Crippen LogP contribution in [0.25, 0.3) is 33.0 Å². The van der Waals surface area contributed by atoms with Gasteiger partial charge in [0.25, 0.3) is 0 Å². The standard InChI is InChI=1S/C50H37N/c1-49(35-18-5-3-6-19-35)44-25-13-11-23-40(44)42-30-28-37(32-46(42)49)51(48-27-15-17-34-16-9-10-22-39(34)48)38-29-31-43-41-24-12-14-26-45(41)50(2,47(43)33-38)36-20-7-4-8-21-36/h3-33H,1-2H3. The largest absolute Gasteiger partial charge is 0.310 e. The Morgan fingerprint density at radius 2 is 0.784 bits per heavy atom. The van der Waals surface area contributed by atoms with E-state index in [1.807, 2.05) is 0 Å². The monoisotopic (exact) mass is 651 g/mol. The molecule has 0 aromatic heterocycles. The zero-order valence-electron chi connectivity index (χ0n) is 28.8. The lowest BCUT2D eigenvalue weighted by Gasteiger charge is -2.32. The highest BCUT2D eigenvalue weighted by atomic mass is 15.1. The summed E-state index contributed by atoms with van der Waals surface area (Å²) in [5.41, 5.74) is 16.1. The van der Waals surface area contributed by atoms with E-state index in [0.29, 0.717) is 0 Å². The van der Waals surface area contributed by atoms with Crippen molar-refractivity contribution in [3.8, 4) is 22.3 Å². The van der Waals surface area contributed by atoms with Crippen LogP contribution in [0.15, 0.2) is 188 Å². The van der Waals surface area contributed by atoms with E-state index in [1.165, 1.54) is 72.1 Å². The maximum Gasteiger partial charge on any atom is 0.0540 e. The molecule has 0 spiro atoms. The maximum absolute atomic E-state index is 2.49. The van der Waals surface area contributed by atoms with Gasteiger partial charge in [0.05, 0.1) is 5.69 Å². The summed E-state index contributed by atoms with van der Waals surface area (Å²) in [4.78, 5) is 2.49. The van der Waals surface area contributed by atoms with E-state index < -0.39 is 0 Å². The van der Waals surface area contributed by atoms with Crippen molar-refractivity contribution in [2.24, 2.45) is 0 Å². The molecule has 0 radical (unpaired) electrons.